The van der Waals surface area contributed by atoms with Gasteiger partial charge in [0, 0.05) is 13.1 Å². The summed E-state index contributed by atoms with van der Waals surface area (Å²) in [5, 5.41) is 0. The van der Waals surface area contributed by atoms with Crippen LogP contribution in [0.5, 0.6) is 11.5 Å². The van der Waals surface area contributed by atoms with E-state index in [4.69, 9.17) is 20.9 Å². The van der Waals surface area contributed by atoms with Gasteiger partial charge in [-0.25, -0.2) is 0 Å². The number of rotatable bonds is 12. The first-order chi connectivity index (χ1) is 14.1. The number of carbonyl (C=O) groups is 2. The largest absolute Gasteiger partial charge is 0.492 e. The van der Waals surface area contributed by atoms with Crippen molar-refractivity contribution in [2.24, 2.45) is 11.5 Å². The lowest BCUT2D eigenvalue weighted by Gasteiger charge is -2.04. The van der Waals surface area contributed by atoms with Gasteiger partial charge in [-0.2, -0.15) is 0 Å². The molecule has 29 heavy (non-hydrogen) atoms. The van der Waals surface area contributed by atoms with Crippen LogP contribution in [0.4, 0.5) is 0 Å². The van der Waals surface area contributed by atoms with Crippen LogP contribution in [0.25, 0.3) is 12.2 Å². The molecule has 0 bridgehead atoms. The average Bonchev–Trinajstić information content (AvgIpc) is 2.74. The van der Waals surface area contributed by atoms with E-state index in [1.54, 1.807) is 36.4 Å². The molecule has 0 atom stereocenters. The molecule has 0 aromatic heterocycles. The summed E-state index contributed by atoms with van der Waals surface area (Å²) in [6, 6.07) is 14.5. The van der Waals surface area contributed by atoms with Crippen LogP contribution in [-0.4, -0.2) is 37.9 Å². The Balaban J connectivity index is 1.81. The number of nitrogens with two attached hydrogens (primary N) is 2. The van der Waals surface area contributed by atoms with E-state index >= 15 is 0 Å². The summed E-state index contributed by atoms with van der Waals surface area (Å²) in [5.74, 6) is 0.929. The van der Waals surface area contributed by atoms with Crippen molar-refractivity contribution in [3.05, 3.63) is 71.8 Å². The number of ketones is 2. The molecule has 0 amide bonds. The van der Waals surface area contributed by atoms with Gasteiger partial charge in [0.25, 0.3) is 0 Å². The standard InChI is InChI=1S/C23H26N2O4/c24-13-15-28-22-9-3-18(4-10-22)1-7-20(26)17-21(27)8-2-19-5-11-23(12-6-19)29-16-14-25/h1-12H,13-17,24-25H2/b7-1+,8-2+. The number of ether oxygens (including phenoxy) is 2. The first-order valence-corrected chi connectivity index (χ1v) is 9.38. The Morgan fingerprint density at radius 2 is 1.07 bits per heavy atom. The quantitative estimate of drug-likeness (QED) is 0.424. The van der Waals surface area contributed by atoms with Crippen LogP contribution in [0.15, 0.2) is 60.7 Å². The molecule has 0 aliphatic heterocycles. The molecule has 4 N–H and O–H groups in total. The van der Waals surface area contributed by atoms with E-state index in [1.807, 2.05) is 24.3 Å². The maximum Gasteiger partial charge on any atom is 0.163 e. The van der Waals surface area contributed by atoms with Crippen molar-refractivity contribution >= 4 is 23.7 Å². The van der Waals surface area contributed by atoms with Gasteiger partial charge in [-0.05, 0) is 47.5 Å². The van der Waals surface area contributed by atoms with E-state index in [2.05, 4.69) is 0 Å². The fourth-order valence-corrected chi connectivity index (χ4v) is 2.37. The summed E-state index contributed by atoms with van der Waals surface area (Å²) < 4.78 is 10.8. The van der Waals surface area contributed by atoms with Crippen LogP contribution < -0.4 is 20.9 Å². The highest BCUT2D eigenvalue weighted by atomic mass is 16.5. The first-order valence-electron chi connectivity index (χ1n) is 9.38. The molecule has 0 unspecified atom stereocenters. The van der Waals surface area contributed by atoms with Crippen LogP contribution in [0, 0.1) is 0 Å². The number of hydrogen-bond donors (Lipinski definition) is 2. The maximum absolute atomic E-state index is 12.0. The van der Waals surface area contributed by atoms with Crippen molar-refractivity contribution in [1.82, 2.24) is 0 Å². The Morgan fingerprint density at radius 1 is 0.690 bits per heavy atom. The van der Waals surface area contributed by atoms with Crippen LogP contribution in [0.2, 0.25) is 0 Å². The van der Waals surface area contributed by atoms with Crippen molar-refractivity contribution < 1.29 is 19.1 Å². The molecule has 0 saturated carbocycles. The zero-order valence-electron chi connectivity index (χ0n) is 16.3. The minimum atomic E-state index is -0.256. The summed E-state index contributed by atoms with van der Waals surface area (Å²) in [7, 11) is 0. The number of carbonyl (C=O) groups excluding carboxylic acids is 2. The fraction of sp³-hybridized carbons (Fsp3) is 0.217. The molecule has 2 aromatic rings. The van der Waals surface area contributed by atoms with Gasteiger partial charge in [-0.3, -0.25) is 9.59 Å². The summed E-state index contributed by atoms with van der Waals surface area (Å²) in [6.07, 6.45) is 5.98. The zero-order chi connectivity index (χ0) is 20.9. The summed E-state index contributed by atoms with van der Waals surface area (Å²) in [6.45, 7) is 1.81. The highest BCUT2D eigenvalue weighted by Crippen LogP contribution is 2.14. The van der Waals surface area contributed by atoms with E-state index in [1.165, 1.54) is 12.2 Å². The van der Waals surface area contributed by atoms with Gasteiger partial charge < -0.3 is 20.9 Å². The average molecular weight is 394 g/mol. The van der Waals surface area contributed by atoms with Crippen LogP contribution >= 0.6 is 0 Å². The van der Waals surface area contributed by atoms with Crippen molar-refractivity contribution in [1.29, 1.82) is 0 Å². The summed E-state index contributed by atoms with van der Waals surface area (Å²) >= 11 is 0. The Labute approximate surface area is 170 Å². The van der Waals surface area contributed by atoms with Crippen LogP contribution in [0.1, 0.15) is 17.5 Å². The molecule has 2 rings (SSSR count). The molecule has 0 heterocycles. The van der Waals surface area contributed by atoms with Gasteiger partial charge in [0.1, 0.15) is 24.7 Å². The lowest BCUT2D eigenvalue weighted by atomic mass is 10.1. The smallest absolute Gasteiger partial charge is 0.163 e. The third-order valence-corrected chi connectivity index (χ3v) is 3.81. The van der Waals surface area contributed by atoms with Gasteiger partial charge in [0.2, 0.25) is 0 Å². The van der Waals surface area contributed by atoms with Crippen molar-refractivity contribution in [3.8, 4) is 11.5 Å². The molecule has 152 valence electrons. The van der Waals surface area contributed by atoms with Crippen LogP contribution in [0.3, 0.4) is 0 Å². The number of allylic oxidation sites excluding steroid dienone is 2. The van der Waals surface area contributed by atoms with E-state index in [-0.39, 0.29) is 18.0 Å². The molecule has 0 saturated heterocycles. The predicted octanol–water partition coefficient (Wildman–Crippen LogP) is 2.62. The summed E-state index contributed by atoms with van der Waals surface area (Å²) in [5.41, 5.74) is 12.5. The summed E-state index contributed by atoms with van der Waals surface area (Å²) in [4.78, 5) is 24.0. The number of benzene rings is 2. The minimum absolute atomic E-state index is 0.178. The van der Waals surface area contributed by atoms with Gasteiger partial charge in [-0.15, -0.1) is 0 Å². The molecule has 0 aliphatic rings. The number of hydrogen-bond acceptors (Lipinski definition) is 6. The molecule has 0 fully saturated rings. The maximum atomic E-state index is 12.0. The Kier molecular flexibility index (Phi) is 9.35. The monoisotopic (exact) mass is 394 g/mol. The SMILES string of the molecule is NCCOc1ccc(/C=C/C(=O)CC(=O)/C=C/c2ccc(OCCN)cc2)cc1. The molecule has 6 nitrogen and oxygen atoms in total. The van der Waals surface area contributed by atoms with Crippen molar-refractivity contribution in [3.63, 3.8) is 0 Å². The molecule has 2 aromatic carbocycles. The highest BCUT2D eigenvalue weighted by Gasteiger charge is 2.04. The molecular weight excluding hydrogens is 368 g/mol. The van der Waals surface area contributed by atoms with E-state index < -0.39 is 0 Å². The molecule has 0 spiro atoms. The van der Waals surface area contributed by atoms with E-state index in [0.717, 1.165) is 22.6 Å². The topological polar surface area (TPSA) is 105 Å². The van der Waals surface area contributed by atoms with Gasteiger partial charge in [0.15, 0.2) is 11.6 Å². The van der Waals surface area contributed by atoms with Gasteiger partial charge >= 0.3 is 0 Å². The Morgan fingerprint density at radius 3 is 1.41 bits per heavy atom. The predicted molar refractivity (Wildman–Crippen MR) is 115 cm³/mol. The van der Waals surface area contributed by atoms with Gasteiger partial charge in [0.05, 0.1) is 6.42 Å². The molecule has 6 heteroatoms. The lowest BCUT2D eigenvalue weighted by molar-refractivity contribution is -0.121. The van der Waals surface area contributed by atoms with Crippen LogP contribution in [-0.2, 0) is 9.59 Å². The Hall–Kier alpha value is -3.22. The second-order valence-electron chi connectivity index (χ2n) is 6.19. The fourth-order valence-electron chi connectivity index (χ4n) is 2.37. The van der Waals surface area contributed by atoms with E-state index in [9.17, 15) is 9.59 Å². The second kappa shape index (κ2) is 12.3. The molecular formula is C23H26N2O4. The first kappa shape index (κ1) is 22.1. The minimum Gasteiger partial charge on any atom is -0.492 e. The van der Waals surface area contributed by atoms with Crippen molar-refractivity contribution in [2.75, 3.05) is 26.3 Å². The van der Waals surface area contributed by atoms with Crippen molar-refractivity contribution in [2.45, 2.75) is 6.42 Å². The lowest BCUT2D eigenvalue weighted by Crippen LogP contribution is -2.10. The zero-order valence-corrected chi connectivity index (χ0v) is 16.3. The third kappa shape index (κ3) is 8.55. The third-order valence-electron chi connectivity index (χ3n) is 3.81. The van der Waals surface area contributed by atoms with Gasteiger partial charge in [-0.1, -0.05) is 36.4 Å². The molecule has 0 radical (unpaired) electrons. The normalized spacial score (nSPS) is 11.1. The highest BCUT2D eigenvalue weighted by molar-refractivity contribution is 6.10. The second-order valence-corrected chi connectivity index (χ2v) is 6.19. The Bertz CT molecular complexity index is 769. The molecule has 0 aliphatic carbocycles. The van der Waals surface area contributed by atoms with E-state index in [0.29, 0.717) is 26.3 Å².